The van der Waals surface area contributed by atoms with Crippen molar-refractivity contribution in [1.29, 1.82) is 0 Å². The summed E-state index contributed by atoms with van der Waals surface area (Å²) in [6, 6.07) is 9.43. The van der Waals surface area contributed by atoms with E-state index in [2.05, 4.69) is 15.0 Å². The van der Waals surface area contributed by atoms with Crippen LogP contribution in [-0.2, 0) is 26.0 Å². The number of fused-ring (bicyclic) bond motifs is 1. The Morgan fingerprint density at radius 2 is 2.10 bits per heavy atom. The minimum atomic E-state index is -1.33. The molecule has 0 bridgehead atoms. The SMILES string of the molecule is Cc1c(OC[C@@H]2COC(C)(C)O2)ccnc1CS(=O)c1nc2ccccc2[nH]1.[Na]. The second-order valence-corrected chi connectivity index (χ2v) is 8.56. The van der Waals surface area contributed by atoms with Crippen LogP contribution in [0.4, 0.5) is 0 Å². The van der Waals surface area contributed by atoms with Gasteiger partial charge in [0.1, 0.15) is 18.5 Å². The first kappa shape index (κ1) is 22.4. The van der Waals surface area contributed by atoms with E-state index >= 15 is 0 Å². The van der Waals surface area contributed by atoms with E-state index in [0.29, 0.717) is 24.1 Å². The fourth-order valence-corrected chi connectivity index (χ4v) is 4.22. The topological polar surface area (TPSA) is 86.3 Å². The van der Waals surface area contributed by atoms with Crippen LogP contribution in [-0.4, -0.2) is 73.8 Å². The van der Waals surface area contributed by atoms with E-state index in [4.69, 9.17) is 14.2 Å². The number of para-hydroxylation sites is 2. The van der Waals surface area contributed by atoms with Crippen LogP contribution in [0.15, 0.2) is 41.7 Å². The Morgan fingerprint density at radius 3 is 2.83 bits per heavy atom. The van der Waals surface area contributed by atoms with Crippen LogP contribution in [0.25, 0.3) is 11.0 Å². The molecule has 29 heavy (non-hydrogen) atoms. The van der Waals surface area contributed by atoms with Crippen LogP contribution >= 0.6 is 0 Å². The normalized spacial score (nSPS) is 19.1. The van der Waals surface area contributed by atoms with Crippen LogP contribution in [0.2, 0.25) is 0 Å². The van der Waals surface area contributed by atoms with Gasteiger partial charge in [0.15, 0.2) is 10.9 Å². The second-order valence-electron chi connectivity index (χ2n) is 7.19. The van der Waals surface area contributed by atoms with Gasteiger partial charge < -0.3 is 19.2 Å². The molecule has 1 N–H and O–H groups in total. The minimum absolute atomic E-state index is 0. The summed E-state index contributed by atoms with van der Waals surface area (Å²) in [6.07, 6.45) is 1.55. The molecule has 0 aliphatic carbocycles. The maximum atomic E-state index is 12.8. The summed E-state index contributed by atoms with van der Waals surface area (Å²) in [4.78, 5) is 11.9. The Morgan fingerprint density at radius 1 is 1.31 bits per heavy atom. The quantitative estimate of drug-likeness (QED) is 0.613. The molecule has 1 radical (unpaired) electrons. The summed E-state index contributed by atoms with van der Waals surface area (Å²) in [7, 11) is -1.33. The molecule has 1 aliphatic heterocycles. The molecule has 3 heterocycles. The Hall–Kier alpha value is -1.29. The van der Waals surface area contributed by atoms with E-state index in [1.807, 2.05) is 51.1 Å². The number of ether oxygens (including phenoxy) is 3. The van der Waals surface area contributed by atoms with Gasteiger partial charge in [0.25, 0.3) is 0 Å². The molecule has 0 saturated carbocycles. The van der Waals surface area contributed by atoms with E-state index in [1.54, 1.807) is 6.20 Å². The minimum Gasteiger partial charge on any atom is -0.490 e. The van der Waals surface area contributed by atoms with Gasteiger partial charge in [-0.1, -0.05) is 12.1 Å². The number of imidazole rings is 1. The van der Waals surface area contributed by atoms with Crippen molar-refractivity contribution in [3.05, 3.63) is 47.8 Å². The summed E-state index contributed by atoms with van der Waals surface area (Å²) < 4.78 is 30.0. The molecule has 1 aromatic carbocycles. The van der Waals surface area contributed by atoms with Gasteiger partial charge in [-0.3, -0.25) is 9.19 Å². The van der Waals surface area contributed by atoms with Crippen molar-refractivity contribution in [2.24, 2.45) is 0 Å². The zero-order chi connectivity index (χ0) is 19.7. The monoisotopic (exact) mass is 424 g/mol. The number of hydrogen-bond acceptors (Lipinski definition) is 6. The summed E-state index contributed by atoms with van der Waals surface area (Å²) in [5, 5.41) is 0.451. The fraction of sp³-hybridized carbons (Fsp3) is 0.400. The van der Waals surface area contributed by atoms with Gasteiger partial charge in [-0.05, 0) is 39.0 Å². The van der Waals surface area contributed by atoms with Gasteiger partial charge in [0, 0.05) is 41.3 Å². The van der Waals surface area contributed by atoms with Crippen LogP contribution in [0.3, 0.4) is 0 Å². The molecule has 3 aromatic rings. The van der Waals surface area contributed by atoms with Crippen molar-refractivity contribution < 1.29 is 18.4 Å². The van der Waals surface area contributed by atoms with Crippen molar-refractivity contribution in [2.75, 3.05) is 13.2 Å². The first-order valence-electron chi connectivity index (χ1n) is 9.13. The molecular formula is C20H23N3NaO4S. The number of benzene rings is 1. The standard InChI is InChI=1S/C20H23N3O4S.Na/c1-13-17(12-28(24)19-22-15-6-4-5-7-16(15)23-19)21-9-8-18(13)25-10-14-11-26-20(2,3)27-14;/h4-9,14H,10-12H2,1-3H3,(H,22,23);/t14-,28?;/m1./s1. The zero-order valence-corrected chi connectivity index (χ0v) is 19.9. The number of aromatic nitrogens is 3. The molecule has 1 fully saturated rings. The van der Waals surface area contributed by atoms with Crippen LogP contribution in [0.5, 0.6) is 5.75 Å². The molecule has 2 atom stereocenters. The van der Waals surface area contributed by atoms with Crippen LogP contribution in [0.1, 0.15) is 25.1 Å². The largest absolute Gasteiger partial charge is 0.490 e. The molecule has 7 nitrogen and oxygen atoms in total. The van der Waals surface area contributed by atoms with Crippen molar-refractivity contribution in [1.82, 2.24) is 15.0 Å². The third-order valence-electron chi connectivity index (χ3n) is 4.60. The molecule has 4 rings (SSSR count). The third kappa shape index (κ3) is 5.25. The van der Waals surface area contributed by atoms with E-state index in [9.17, 15) is 4.21 Å². The van der Waals surface area contributed by atoms with Gasteiger partial charge in [-0.2, -0.15) is 0 Å². The maximum absolute atomic E-state index is 12.8. The molecule has 1 aliphatic rings. The molecule has 2 aromatic heterocycles. The van der Waals surface area contributed by atoms with Crippen LogP contribution in [0, 0.1) is 6.92 Å². The smallest absolute Gasteiger partial charge is 0.197 e. The summed E-state index contributed by atoms with van der Waals surface area (Å²) in [5.41, 5.74) is 3.26. The number of H-pyrrole nitrogens is 1. The zero-order valence-electron chi connectivity index (χ0n) is 17.1. The number of pyridine rings is 1. The summed E-state index contributed by atoms with van der Waals surface area (Å²) in [5.74, 6) is 0.398. The predicted octanol–water partition coefficient (Wildman–Crippen LogP) is 2.72. The molecular weight excluding hydrogens is 401 g/mol. The number of nitrogens with one attached hydrogen (secondary N) is 1. The maximum Gasteiger partial charge on any atom is 0.197 e. The summed E-state index contributed by atoms with van der Waals surface area (Å²) >= 11 is 0. The Kier molecular flexibility index (Phi) is 7.14. The van der Waals surface area contributed by atoms with Crippen molar-refractivity contribution in [3.63, 3.8) is 0 Å². The first-order chi connectivity index (χ1) is 13.4. The number of hydrogen-bond donors (Lipinski definition) is 1. The first-order valence-corrected chi connectivity index (χ1v) is 10.5. The van der Waals surface area contributed by atoms with Gasteiger partial charge in [0.2, 0.25) is 0 Å². The van der Waals surface area contributed by atoms with Crippen molar-refractivity contribution >= 4 is 51.4 Å². The predicted molar refractivity (Wildman–Crippen MR) is 111 cm³/mol. The Bertz CT molecular complexity index is 991. The Labute approximate surface area is 194 Å². The van der Waals surface area contributed by atoms with E-state index in [0.717, 1.165) is 22.3 Å². The van der Waals surface area contributed by atoms with Crippen LogP contribution < -0.4 is 4.74 Å². The van der Waals surface area contributed by atoms with E-state index < -0.39 is 16.6 Å². The molecule has 0 spiro atoms. The molecule has 149 valence electrons. The van der Waals surface area contributed by atoms with Gasteiger partial charge in [-0.15, -0.1) is 0 Å². The molecule has 1 unspecified atom stereocenters. The average molecular weight is 424 g/mol. The fourth-order valence-electron chi connectivity index (χ4n) is 3.12. The number of nitrogens with zero attached hydrogens (tertiary/aromatic N) is 2. The molecule has 0 amide bonds. The second kappa shape index (κ2) is 9.24. The van der Waals surface area contributed by atoms with Gasteiger partial charge >= 0.3 is 0 Å². The molecule has 9 heteroatoms. The Balaban J connectivity index is 0.00000240. The van der Waals surface area contributed by atoms with Gasteiger partial charge in [0.05, 0.1) is 39.9 Å². The molecule has 1 saturated heterocycles. The van der Waals surface area contributed by atoms with Gasteiger partial charge in [-0.25, -0.2) is 4.98 Å². The van der Waals surface area contributed by atoms with E-state index in [1.165, 1.54) is 0 Å². The third-order valence-corrected chi connectivity index (χ3v) is 5.76. The number of rotatable bonds is 6. The van der Waals surface area contributed by atoms with Crippen molar-refractivity contribution in [2.45, 2.75) is 43.6 Å². The average Bonchev–Trinajstić information content (AvgIpc) is 3.25. The van der Waals surface area contributed by atoms with Crippen molar-refractivity contribution in [3.8, 4) is 5.75 Å². The number of aromatic amines is 1. The summed E-state index contributed by atoms with van der Waals surface area (Å²) in [6.45, 7) is 6.58. The van der Waals surface area contributed by atoms with E-state index in [-0.39, 0.29) is 41.4 Å².